The first-order valence-electron chi connectivity index (χ1n) is 6.99. The van der Waals surface area contributed by atoms with Crippen LogP contribution in [0, 0.1) is 23.7 Å². The second kappa shape index (κ2) is 4.69. The van der Waals surface area contributed by atoms with E-state index in [1.807, 2.05) is 13.0 Å². The van der Waals surface area contributed by atoms with Crippen molar-refractivity contribution in [1.82, 2.24) is 0 Å². The molecular weight excluding hydrogens is 228 g/mol. The molecule has 2 N–H and O–H groups in total. The number of carboxylic acid groups (broad SMARTS) is 1. The molecule has 102 valence electrons. The Morgan fingerprint density at radius 1 is 1.44 bits per heavy atom. The van der Waals surface area contributed by atoms with Crippen LogP contribution in [0.2, 0.25) is 0 Å². The standard InChI is InChI=1S/C15H24O3/c1-9-4-5-12(10(2)14(16)17)13-8-15(3,18)7-6-11(9)13/h8-12,18H,4-7H2,1-3H3,(H,16,17)/t9-,10-,11+,12+,15-/m1/s1. The zero-order valence-corrected chi connectivity index (χ0v) is 11.5. The monoisotopic (exact) mass is 252 g/mol. The third-order valence-corrected chi connectivity index (χ3v) is 4.91. The number of hydrogen-bond donors (Lipinski definition) is 2. The van der Waals surface area contributed by atoms with Gasteiger partial charge in [-0.25, -0.2) is 0 Å². The summed E-state index contributed by atoms with van der Waals surface area (Å²) in [7, 11) is 0. The molecule has 1 saturated carbocycles. The van der Waals surface area contributed by atoms with Gasteiger partial charge in [-0.2, -0.15) is 0 Å². The van der Waals surface area contributed by atoms with Crippen LogP contribution in [-0.2, 0) is 4.79 Å². The second-order valence-corrected chi connectivity index (χ2v) is 6.43. The topological polar surface area (TPSA) is 57.5 Å². The van der Waals surface area contributed by atoms with Crippen molar-refractivity contribution in [1.29, 1.82) is 0 Å². The van der Waals surface area contributed by atoms with Crippen LogP contribution < -0.4 is 0 Å². The van der Waals surface area contributed by atoms with E-state index in [9.17, 15) is 15.0 Å². The lowest BCUT2D eigenvalue weighted by Gasteiger charge is -2.44. The van der Waals surface area contributed by atoms with Crippen LogP contribution in [0.4, 0.5) is 0 Å². The van der Waals surface area contributed by atoms with Crippen LogP contribution in [-0.4, -0.2) is 21.8 Å². The van der Waals surface area contributed by atoms with Gasteiger partial charge in [0.15, 0.2) is 0 Å². The third kappa shape index (κ3) is 2.46. The molecule has 0 radical (unpaired) electrons. The normalized spacial score (nSPS) is 41.8. The summed E-state index contributed by atoms with van der Waals surface area (Å²) in [6, 6.07) is 0. The van der Waals surface area contributed by atoms with Crippen LogP contribution in [0.3, 0.4) is 0 Å². The number of carboxylic acids is 1. The van der Waals surface area contributed by atoms with E-state index in [4.69, 9.17) is 0 Å². The van der Waals surface area contributed by atoms with Gasteiger partial charge in [0.05, 0.1) is 11.5 Å². The highest BCUT2D eigenvalue weighted by atomic mass is 16.4. The minimum absolute atomic E-state index is 0.107. The molecule has 0 saturated heterocycles. The number of fused-ring (bicyclic) bond motifs is 1. The molecule has 0 amide bonds. The lowest BCUT2D eigenvalue weighted by atomic mass is 9.62. The predicted octanol–water partition coefficient (Wildman–Crippen LogP) is 2.84. The fraction of sp³-hybridized carbons (Fsp3) is 0.800. The molecule has 0 unspecified atom stereocenters. The fourth-order valence-electron chi connectivity index (χ4n) is 3.67. The summed E-state index contributed by atoms with van der Waals surface area (Å²) >= 11 is 0. The van der Waals surface area contributed by atoms with Gasteiger partial charge in [0.2, 0.25) is 0 Å². The summed E-state index contributed by atoms with van der Waals surface area (Å²) < 4.78 is 0. The van der Waals surface area contributed by atoms with Gasteiger partial charge < -0.3 is 10.2 Å². The van der Waals surface area contributed by atoms with Crippen molar-refractivity contribution in [2.24, 2.45) is 23.7 Å². The zero-order chi connectivity index (χ0) is 13.5. The Morgan fingerprint density at radius 2 is 2.11 bits per heavy atom. The van der Waals surface area contributed by atoms with Crippen LogP contribution in [0.25, 0.3) is 0 Å². The maximum Gasteiger partial charge on any atom is 0.306 e. The summed E-state index contributed by atoms with van der Waals surface area (Å²) in [5, 5.41) is 19.4. The molecule has 0 aromatic rings. The van der Waals surface area contributed by atoms with E-state index in [0.29, 0.717) is 11.8 Å². The number of hydrogen-bond acceptors (Lipinski definition) is 2. The molecule has 0 heterocycles. The average Bonchev–Trinajstić information content (AvgIpc) is 2.27. The number of rotatable bonds is 2. The third-order valence-electron chi connectivity index (χ3n) is 4.91. The molecule has 3 heteroatoms. The van der Waals surface area contributed by atoms with Crippen molar-refractivity contribution < 1.29 is 15.0 Å². The Hall–Kier alpha value is -0.830. The van der Waals surface area contributed by atoms with Crippen molar-refractivity contribution in [3.05, 3.63) is 11.6 Å². The van der Waals surface area contributed by atoms with Crippen LogP contribution in [0.1, 0.15) is 46.5 Å². The highest BCUT2D eigenvalue weighted by molar-refractivity contribution is 5.70. The molecule has 18 heavy (non-hydrogen) atoms. The van der Waals surface area contributed by atoms with Gasteiger partial charge in [0.25, 0.3) is 0 Å². The van der Waals surface area contributed by atoms with E-state index in [0.717, 1.165) is 25.7 Å². The molecule has 1 fully saturated rings. The van der Waals surface area contributed by atoms with Gasteiger partial charge in [0.1, 0.15) is 0 Å². The molecule has 2 aliphatic carbocycles. The second-order valence-electron chi connectivity index (χ2n) is 6.43. The van der Waals surface area contributed by atoms with E-state index in [1.54, 1.807) is 6.92 Å². The number of allylic oxidation sites excluding steroid dienone is 1. The van der Waals surface area contributed by atoms with Crippen molar-refractivity contribution in [3.63, 3.8) is 0 Å². The Balaban J connectivity index is 2.32. The lowest BCUT2D eigenvalue weighted by Crippen LogP contribution is -2.39. The van der Waals surface area contributed by atoms with Gasteiger partial charge in [-0.15, -0.1) is 0 Å². The van der Waals surface area contributed by atoms with Crippen molar-refractivity contribution in [3.8, 4) is 0 Å². The molecular formula is C15H24O3. The number of aliphatic carboxylic acids is 1. The highest BCUT2D eigenvalue weighted by Gasteiger charge is 2.41. The molecule has 0 aromatic carbocycles. The van der Waals surface area contributed by atoms with Crippen LogP contribution in [0.15, 0.2) is 11.6 Å². The minimum Gasteiger partial charge on any atom is -0.481 e. The van der Waals surface area contributed by atoms with Crippen LogP contribution >= 0.6 is 0 Å². The average molecular weight is 252 g/mol. The quantitative estimate of drug-likeness (QED) is 0.743. The zero-order valence-electron chi connectivity index (χ0n) is 11.5. The van der Waals surface area contributed by atoms with Gasteiger partial charge >= 0.3 is 5.97 Å². The molecule has 2 aliphatic rings. The smallest absolute Gasteiger partial charge is 0.306 e. The number of aliphatic hydroxyl groups is 1. The van der Waals surface area contributed by atoms with E-state index in [2.05, 4.69) is 6.92 Å². The first-order valence-corrected chi connectivity index (χ1v) is 6.99. The van der Waals surface area contributed by atoms with Crippen molar-refractivity contribution in [2.75, 3.05) is 0 Å². The number of carbonyl (C=O) groups is 1. The Morgan fingerprint density at radius 3 is 2.72 bits per heavy atom. The van der Waals surface area contributed by atoms with Gasteiger partial charge in [-0.1, -0.05) is 25.5 Å². The molecule has 0 aromatic heterocycles. The molecule has 2 rings (SSSR count). The SMILES string of the molecule is C[C@@H]1CC[C@@H]([C@@H](C)C(=O)O)C2=C[C@](C)(O)CC[C@H]21. The first kappa shape index (κ1) is 13.6. The van der Waals surface area contributed by atoms with Crippen molar-refractivity contribution >= 4 is 5.97 Å². The van der Waals surface area contributed by atoms with E-state index in [1.165, 1.54) is 5.57 Å². The largest absolute Gasteiger partial charge is 0.481 e. The molecule has 0 bridgehead atoms. The summed E-state index contributed by atoms with van der Waals surface area (Å²) in [6.07, 6.45) is 5.78. The molecule has 3 nitrogen and oxygen atoms in total. The van der Waals surface area contributed by atoms with Crippen molar-refractivity contribution in [2.45, 2.75) is 52.1 Å². The summed E-state index contributed by atoms with van der Waals surface area (Å²) in [5.74, 6) is 0.130. The first-order chi connectivity index (χ1) is 8.32. The minimum atomic E-state index is -0.751. The van der Waals surface area contributed by atoms with Gasteiger partial charge in [0, 0.05) is 0 Å². The fourth-order valence-corrected chi connectivity index (χ4v) is 3.67. The maximum absolute atomic E-state index is 11.2. The summed E-state index contributed by atoms with van der Waals surface area (Å²) in [6.45, 7) is 5.88. The van der Waals surface area contributed by atoms with Crippen LogP contribution in [0.5, 0.6) is 0 Å². The summed E-state index contributed by atoms with van der Waals surface area (Å²) in [5.41, 5.74) is 0.458. The Bertz CT molecular complexity index is 370. The predicted molar refractivity (Wildman–Crippen MR) is 70.1 cm³/mol. The van der Waals surface area contributed by atoms with E-state index in [-0.39, 0.29) is 11.8 Å². The van der Waals surface area contributed by atoms with E-state index < -0.39 is 11.6 Å². The lowest BCUT2D eigenvalue weighted by molar-refractivity contribution is -0.143. The molecule has 0 aliphatic heterocycles. The van der Waals surface area contributed by atoms with Gasteiger partial charge in [-0.05, 0) is 50.4 Å². The highest BCUT2D eigenvalue weighted by Crippen LogP contribution is 2.47. The van der Waals surface area contributed by atoms with Gasteiger partial charge in [-0.3, -0.25) is 4.79 Å². The maximum atomic E-state index is 11.2. The summed E-state index contributed by atoms with van der Waals surface area (Å²) in [4.78, 5) is 11.2. The molecule has 0 spiro atoms. The Kier molecular flexibility index (Phi) is 3.54. The molecule has 5 atom stereocenters. The van der Waals surface area contributed by atoms with E-state index >= 15 is 0 Å². The Labute approximate surface area is 109 Å².